The number of fused-ring (bicyclic) bond motifs is 1. The molecule has 1 aromatic heterocycles. The minimum atomic E-state index is -0.0268. The molecule has 1 N–H and O–H groups in total. The molecule has 0 fully saturated rings. The monoisotopic (exact) mass is 293 g/mol. The van der Waals surface area contributed by atoms with Crippen molar-refractivity contribution in [2.24, 2.45) is 0 Å². The number of rotatable bonds is 5. The zero-order valence-electron chi connectivity index (χ0n) is 13.8. The second-order valence-corrected chi connectivity index (χ2v) is 5.82. The Labute approximate surface area is 127 Å². The number of nitrogens with zero attached hydrogens (tertiary/aromatic N) is 2. The number of hydrogen-bond donors (Lipinski definition) is 1. The Hall–Kier alpha value is -1.36. The molecule has 0 radical (unpaired) electrons. The van der Waals surface area contributed by atoms with E-state index >= 15 is 0 Å². The van der Waals surface area contributed by atoms with E-state index in [4.69, 9.17) is 4.74 Å². The van der Waals surface area contributed by atoms with Gasteiger partial charge in [0.05, 0.1) is 17.9 Å². The molecular weight excluding hydrogens is 266 g/mol. The molecule has 0 saturated carbocycles. The molecule has 0 aromatic carbocycles. The third-order valence-electron chi connectivity index (χ3n) is 4.42. The van der Waals surface area contributed by atoms with E-state index in [0.717, 1.165) is 30.5 Å². The Morgan fingerprint density at radius 2 is 2.05 bits per heavy atom. The Morgan fingerprint density at radius 1 is 1.38 bits per heavy atom. The smallest absolute Gasteiger partial charge is 0.274 e. The minimum absolute atomic E-state index is 0.0268. The topological polar surface area (TPSA) is 58.2 Å². The lowest BCUT2D eigenvalue weighted by molar-refractivity contribution is -0.00703. The van der Waals surface area contributed by atoms with Crippen LogP contribution in [0, 0.1) is 0 Å². The lowest BCUT2D eigenvalue weighted by Crippen LogP contribution is -2.40. The average Bonchev–Trinajstić information content (AvgIpc) is 2.87. The van der Waals surface area contributed by atoms with E-state index in [1.54, 1.807) is 0 Å². The van der Waals surface area contributed by atoms with Gasteiger partial charge in [-0.15, -0.1) is 0 Å². The summed E-state index contributed by atoms with van der Waals surface area (Å²) in [6.07, 6.45) is 2.79. The Balaban J connectivity index is 2.32. The summed E-state index contributed by atoms with van der Waals surface area (Å²) in [5.74, 6) is 0.0463. The molecule has 118 valence electrons. The van der Waals surface area contributed by atoms with Crippen molar-refractivity contribution in [1.29, 1.82) is 0 Å². The predicted molar refractivity (Wildman–Crippen MR) is 82.3 cm³/mol. The summed E-state index contributed by atoms with van der Waals surface area (Å²) in [6.45, 7) is 11.0. The molecule has 5 nitrogen and oxygen atoms in total. The molecular formula is C16H27N3O2. The number of ether oxygens (including phenoxy) is 1. The SMILES string of the molecule is CCC(CC)N(CC)C(=O)c1n[nH]c2c1C[C@H](C)O[C@@H]2C. The van der Waals surface area contributed by atoms with Crippen LogP contribution in [0.3, 0.4) is 0 Å². The summed E-state index contributed by atoms with van der Waals surface area (Å²) < 4.78 is 5.79. The quantitative estimate of drug-likeness (QED) is 0.907. The van der Waals surface area contributed by atoms with E-state index in [1.165, 1.54) is 0 Å². The second kappa shape index (κ2) is 6.60. The summed E-state index contributed by atoms with van der Waals surface area (Å²) in [5.41, 5.74) is 2.58. The van der Waals surface area contributed by atoms with Gasteiger partial charge in [0, 0.05) is 24.6 Å². The van der Waals surface area contributed by atoms with Gasteiger partial charge in [-0.3, -0.25) is 9.89 Å². The predicted octanol–water partition coefficient (Wildman–Crippen LogP) is 3.08. The van der Waals surface area contributed by atoms with Crippen LogP contribution in [-0.2, 0) is 11.2 Å². The number of amides is 1. The van der Waals surface area contributed by atoms with Gasteiger partial charge in [-0.05, 0) is 33.6 Å². The number of aromatic amines is 1. The van der Waals surface area contributed by atoms with Crippen LogP contribution < -0.4 is 0 Å². The van der Waals surface area contributed by atoms with Gasteiger partial charge < -0.3 is 9.64 Å². The van der Waals surface area contributed by atoms with Crippen LogP contribution in [0.2, 0.25) is 0 Å². The molecule has 2 atom stereocenters. The first-order valence-corrected chi connectivity index (χ1v) is 8.06. The Kier molecular flexibility index (Phi) is 5.04. The molecule has 1 aromatic rings. The number of H-pyrrole nitrogens is 1. The Bertz CT molecular complexity index is 494. The van der Waals surface area contributed by atoms with E-state index in [0.29, 0.717) is 12.2 Å². The lowest BCUT2D eigenvalue weighted by atomic mass is 9.99. The van der Waals surface area contributed by atoms with Gasteiger partial charge in [-0.2, -0.15) is 5.10 Å². The number of hydrogen-bond acceptors (Lipinski definition) is 3. The fraction of sp³-hybridized carbons (Fsp3) is 0.750. The average molecular weight is 293 g/mol. The maximum absolute atomic E-state index is 12.9. The van der Waals surface area contributed by atoms with Crippen molar-refractivity contribution in [3.8, 4) is 0 Å². The van der Waals surface area contributed by atoms with Gasteiger partial charge in [0.2, 0.25) is 0 Å². The van der Waals surface area contributed by atoms with Gasteiger partial charge >= 0.3 is 0 Å². The molecule has 0 aliphatic carbocycles. The standard InChI is InChI=1S/C16H27N3O2/c1-6-12(7-2)19(8-3)16(20)15-13-9-10(4)21-11(5)14(13)17-18-15/h10-12H,6-9H2,1-5H3,(H,17,18)/t10-,11+/m0/s1. The number of carbonyl (C=O) groups excluding carboxylic acids is 1. The fourth-order valence-corrected chi connectivity index (χ4v) is 3.28. The van der Waals surface area contributed by atoms with Crippen molar-refractivity contribution >= 4 is 5.91 Å². The molecule has 21 heavy (non-hydrogen) atoms. The summed E-state index contributed by atoms with van der Waals surface area (Å²) >= 11 is 0. The maximum atomic E-state index is 12.9. The number of aromatic nitrogens is 2. The fourth-order valence-electron chi connectivity index (χ4n) is 3.28. The van der Waals surface area contributed by atoms with E-state index in [1.807, 2.05) is 25.7 Å². The summed E-state index contributed by atoms with van der Waals surface area (Å²) in [5, 5.41) is 7.32. The van der Waals surface area contributed by atoms with Crippen LogP contribution in [0.1, 0.15) is 75.3 Å². The van der Waals surface area contributed by atoms with Gasteiger partial charge in [0.15, 0.2) is 5.69 Å². The summed E-state index contributed by atoms with van der Waals surface area (Å²) in [7, 11) is 0. The van der Waals surface area contributed by atoms with Crippen LogP contribution in [0.15, 0.2) is 0 Å². The third-order valence-corrected chi connectivity index (χ3v) is 4.42. The van der Waals surface area contributed by atoms with Crippen LogP contribution in [-0.4, -0.2) is 39.7 Å². The Morgan fingerprint density at radius 3 is 2.62 bits per heavy atom. The summed E-state index contributed by atoms with van der Waals surface area (Å²) in [4.78, 5) is 14.8. The van der Waals surface area contributed by atoms with Gasteiger partial charge in [-0.1, -0.05) is 13.8 Å². The largest absolute Gasteiger partial charge is 0.369 e. The van der Waals surface area contributed by atoms with Crippen molar-refractivity contribution in [3.63, 3.8) is 0 Å². The lowest BCUT2D eigenvalue weighted by Gasteiger charge is -2.30. The van der Waals surface area contributed by atoms with E-state index in [9.17, 15) is 4.79 Å². The highest BCUT2D eigenvalue weighted by atomic mass is 16.5. The molecule has 0 bridgehead atoms. The van der Waals surface area contributed by atoms with Crippen LogP contribution >= 0.6 is 0 Å². The van der Waals surface area contributed by atoms with Gasteiger partial charge in [0.1, 0.15) is 0 Å². The van der Waals surface area contributed by atoms with E-state index < -0.39 is 0 Å². The highest BCUT2D eigenvalue weighted by Crippen LogP contribution is 2.31. The first-order chi connectivity index (χ1) is 10.0. The van der Waals surface area contributed by atoms with Gasteiger partial charge in [-0.25, -0.2) is 0 Å². The minimum Gasteiger partial charge on any atom is -0.369 e. The molecule has 1 aliphatic heterocycles. The van der Waals surface area contributed by atoms with E-state index in [2.05, 4.69) is 24.0 Å². The van der Waals surface area contributed by atoms with Crippen molar-refractivity contribution in [3.05, 3.63) is 17.0 Å². The van der Waals surface area contributed by atoms with Crippen molar-refractivity contribution in [1.82, 2.24) is 15.1 Å². The molecule has 2 rings (SSSR count). The summed E-state index contributed by atoms with van der Waals surface area (Å²) in [6, 6.07) is 0.282. The highest BCUT2D eigenvalue weighted by molar-refractivity contribution is 5.94. The zero-order chi connectivity index (χ0) is 15.6. The maximum Gasteiger partial charge on any atom is 0.274 e. The third kappa shape index (κ3) is 2.98. The molecule has 2 heterocycles. The van der Waals surface area contributed by atoms with Crippen LogP contribution in [0.5, 0.6) is 0 Å². The first-order valence-electron chi connectivity index (χ1n) is 8.06. The second-order valence-electron chi connectivity index (χ2n) is 5.82. The normalized spacial score (nSPS) is 21.4. The number of nitrogens with one attached hydrogen (secondary N) is 1. The van der Waals surface area contributed by atoms with Crippen LogP contribution in [0.4, 0.5) is 0 Å². The zero-order valence-corrected chi connectivity index (χ0v) is 13.8. The molecule has 0 spiro atoms. The first kappa shape index (κ1) is 16.0. The van der Waals surface area contributed by atoms with E-state index in [-0.39, 0.29) is 24.2 Å². The van der Waals surface area contributed by atoms with Crippen LogP contribution in [0.25, 0.3) is 0 Å². The van der Waals surface area contributed by atoms with Gasteiger partial charge in [0.25, 0.3) is 5.91 Å². The molecule has 0 saturated heterocycles. The molecule has 1 amide bonds. The molecule has 0 unspecified atom stereocenters. The molecule has 5 heteroatoms. The van der Waals surface area contributed by atoms with Crippen molar-refractivity contribution in [2.75, 3.05) is 6.54 Å². The number of carbonyl (C=O) groups is 1. The highest BCUT2D eigenvalue weighted by Gasteiger charge is 2.32. The van der Waals surface area contributed by atoms with Crippen molar-refractivity contribution < 1.29 is 9.53 Å². The van der Waals surface area contributed by atoms with Crippen molar-refractivity contribution in [2.45, 2.75) is 72.1 Å². The molecule has 1 aliphatic rings.